The lowest BCUT2D eigenvalue weighted by molar-refractivity contribution is 0.131. The van der Waals surface area contributed by atoms with Gasteiger partial charge in [0, 0.05) is 0 Å². The Bertz CT molecular complexity index is 444. The molecular weight excluding hydrogens is 231 g/mol. The van der Waals surface area contributed by atoms with Crippen molar-refractivity contribution < 1.29 is 17.0 Å². The molecule has 3 nitrogen and oxygen atoms in total. The highest BCUT2D eigenvalue weighted by atomic mass is 32.2. The maximum Gasteiger partial charge on any atom is 0.297 e. The lowest BCUT2D eigenvalue weighted by Crippen LogP contribution is -2.23. The third-order valence-electron chi connectivity index (χ3n) is 2.65. The van der Waals surface area contributed by atoms with Gasteiger partial charge in [-0.3, -0.25) is 4.18 Å². The van der Waals surface area contributed by atoms with E-state index in [1.807, 2.05) is 0 Å². The molecule has 16 heavy (non-hydrogen) atoms. The summed E-state index contributed by atoms with van der Waals surface area (Å²) in [6, 6.07) is 7.82. The highest BCUT2D eigenvalue weighted by Crippen LogP contribution is 2.27. The van der Waals surface area contributed by atoms with Crippen molar-refractivity contribution in [3.05, 3.63) is 30.3 Å². The highest BCUT2D eigenvalue weighted by Gasteiger charge is 2.32. The van der Waals surface area contributed by atoms with Crippen LogP contribution in [0.4, 0.5) is 4.39 Å². The van der Waals surface area contributed by atoms with E-state index in [1.54, 1.807) is 18.2 Å². The fraction of sp³-hybridized carbons (Fsp3) is 0.455. The third kappa shape index (κ3) is 2.41. The van der Waals surface area contributed by atoms with E-state index >= 15 is 0 Å². The van der Waals surface area contributed by atoms with Crippen LogP contribution in [0.25, 0.3) is 0 Å². The minimum atomic E-state index is -3.82. The zero-order chi connectivity index (χ0) is 11.6. The zero-order valence-corrected chi connectivity index (χ0v) is 9.49. The average molecular weight is 244 g/mol. The maximum absolute atomic E-state index is 13.2. The molecule has 0 unspecified atom stereocenters. The van der Waals surface area contributed by atoms with Crippen LogP contribution >= 0.6 is 0 Å². The Labute approximate surface area is 94.4 Å². The second-order valence-electron chi connectivity index (χ2n) is 3.85. The van der Waals surface area contributed by atoms with Gasteiger partial charge >= 0.3 is 0 Å². The standard InChI is InChI=1S/C11H13FO3S/c12-10-7-4-8-11(10)15-16(13,14)9-5-2-1-3-6-9/h1-3,5-6,10-11H,4,7-8H2/t10-,11-/m1/s1. The predicted octanol–water partition coefficient (Wildman–Crippen LogP) is 2.28. The van der Waals surface area contributed by atoms with Crippen LogP contribution in [0, 0.1) is 0 Å². The maximum atomic E-state index is 13.2. The number of hydrogen-bond donors (Lipinski definition) is 0. The van der Waals surface area contributed by atoms with Gasteiger partial charge in [-0.15, -0.1) is 0 Å². The van der Waals surface area contributed by atoms with Crippen molar-refractivity contribution in [3.8, 4) is 0 Å². The Morgan fingerprint density at radius 3 is 2.44 bits per heavy atom. The summed E-state index contributed by atoms with van der Waals surface area (Å²) < 4.78 is 41.6. The first-order valence-electron chi connectivity index (χ1n) is 5.22. The minimum absolute atomic E-state index is 0.0779. The van der Waals surface area contributed by atoms with Crippen molar-refractivity contribution in [2.45, 2.75) is 36.4 Å². The fourth-order valence-electron chi connectivity index (χ4n) is 1.79. The first kappa shape index (κ1) is 11.5. The second kappa shape index (κ2) is 4.51. The number of alkyl halides is 1. The summed E-state index contributed by atoms with van der Waals surface area (Å²) in [6.45, 7) is 0. The van der Waals surface area contributed by atoms with Crippen LogP contribution in [-0.2, 0) is 14.3 Å². The van der Waals surface area contributed by atoms with E-state index in [0.29, 0.717) is 19.3 Å². The molecule has 1 aromatic rings. The average Bonchev–Trinajstić information content (AvgIpc) is 2.65. The summed E-state index contributed by atoms with van der Waals surface area (Å²) in [5, 5.41) is 0. The monoisotopic (exact) mass is 244 g/mol. The quantitative estimate of drug-likeness (QED) is 0.766. The number of hydrogen-bond acceptors (Lipinski definition) is 3. The van der Waals surface area contributed by atoms with Crippen molar-refractivity contribution in [2.75, 3.05) is 0 Å². The lowest BCUT2D eigenvalue weighted by Gasteiger charge is -2.13. The van der Waals surface area contributed by atoms with Gasteiger partial charge < -0.3 is 0 Å². The van der Waals surface area contributed by atoms with Crippen LogP contribution in [0.1, 0.15) is 19.3 Å². The number of halogens is 1. The summed E-state index contributed by atoms with van der Waals surface area (Å²) in [4.78, 5) is 0.0779. The Morgan fingerprint density at radius 2 is 1.88 bits per heavy atom. The smallest absolute Gasteiger partial charge is 0.260 e. The molecule has 0 bridgehead atoms. The molecule has 88 valence electrons. The summed E-state index contributed by atoms with van der Waals surface area (Å²) in [7, 11) is -3.82. The molecule has 1 aliphatic carbocycles. The minimum Gasteiger partial charge on any atom is -0.260 e. The molecule has 1 fully saturated rings. The Hall–Kier alpha value is -0.940. The first-order valence-corrected chi connectivity index (χ1v) is 6.63. The van der Waals surface area contributed by atoms with Gasteiger partial charge in [0.2, 0.25) is 0 Å². The number of benzene rings is 1. The molecule has 2 atom stereocenters. The van der Waals surface area contributed by atoms with Crippen LogP contribution in [0.2, 0.25) is 0 Å². The summed E-state index contributed by atoms with van der Waals surface area (Å²) in [6.07, 6.45) is -0.457. The van der Waals surface area contributed by atoms with Gasteiger partial charge in [-0.05, 0) is 31.4 Å². The van der Waals surface area contributed by atoms with Crippen LogP contribution in [0.15, 0.2) is 35.2 Å². The molecular formula is C11H13FO3S. The van der Waals surface area contributed by atoms with E-state index in [4.69, 9.17) is 4.18 Å². The normalized spacial score (nSPS) is 25.8. The third-order valence-corrected chi connectivity index (χ3v) is 4.00. The van der Waals surface area contributed by atoms with E-state index in [9.17, 15) is 12.8 Å². The molecule has 0 aliphatic heterocycles. The van der Waals surface area contributed by atoms with Gasteiger partial charge in [0.25, 0.3) is 10.1 Å². The predicted molar refractivity (Wildman–Crippen MR) is 57.2 cm³/mol. The largest absolute Gasteiger partial charge is 0.297 e. The molecule has 0 heterocycles. The fourth-order valence-corrected chi connectivity index (χ4v) is 2.94. The van der Waals surface area contributed by atoms with Crippen LogP contribution in [-0.4, -0.2) is 20.7 Å². The van der Waals surface area contributed by atoms with Gasteiger partial charge in [-0.2, -0.15) is 8.42 Å². The Kier molecular flexibility index (Phi) is 3.25. The van der Waals surface area contributed by atoms with Crippen LogP contribution in [0.3, 0.4) is 0 Å². The van der Waals surface area contributed by atoms with E-state index < -0.39 is 22.4 Å². The molecule has 0 aromatic heterocycles. The van der Waals surface area contributed by atoms with E-state index in [1.165, 1.54) is 12.1 Å². The SMILES string of the molecule is O=S(=O)(O[C@@H]1CCC[C@H]1F)c1ccccc1. The van der Waals surface area contributed by atoms with Crippen molar-refractivity contribution in [1.29, 1.82) is 0 Å². The number of rotatable bonds is 3. The summed E-state index contributed by atoms with van der Waals surface area (Å²) in [5.74, 6) is 0. The molecule has 0 spiro atoms. The van der Waals surface area contributed by atoms with Crippen molar-refractivity contribution >= 4 is 10.1 Å². The van der Waals surface area contributed by atoms with Crippen molar-refractivity contribution in [2.24, 2.45) is 0 Å². The molecule has 1 aliphatic rings. The second-order valence-corrected chi connectivity index (χ2v) is 5.42. The van der Waals surface area contributed by atoms with E-state index in [2.05, 4.69) is 0 Å². The van der Waals surface area contributed by atoms with Gasteiger partial charge in [0.15, 0.2) is 0 Å². The van der Waals surface area contributed by atoms with Crippen molar-refractivity contribution in [1.82, 2.24) is 0 Å². The molecule has 1 aromatic carbocycles. The van der Waals surface area contributed by atoms with E-state index in [-0.39, 0.29) is 4.90 Å². The zero-order valence-electron chi connectivity index (χ0n) is 8.67. The van der Waals surface area contributed by atoms with Gasteiger partial charge in [0.05, 0.1) is 4.90 Å². The molecule has 5 heteroatoms. The van der Waals surface area contributed by atoms with Crippen molar-refractivity contribution in [3.63, 3.8) is 0 Å². The summed E-state index contributed by atoms with van der Waals surface area (Å²) >= 11 is 0. The highest BCUT2D eigenvalue weighted by molar-refractivity contribution is 7.86. The summed E-state index contributed by atoms with van der Waals surface area (Å²) in [5.41, 5.74) is 0. The lowest BCUT2D eigenvalue weighted by atomic mass is 10.3. The Balaban J connectivity index is 2.15. The van der Waals surface area contributed by atoms with Gasteiger partial charge in [-0.25, -0.2) is 4.39 Å². The Morgan fingerprint density at radius 1 is 1.19 bits per heavy atom. The van der Waals surface area contributed by atoms with Gasteiger partial charge in [-0.1, -0.05) is 18.2 Å². The van der Waals surface area contributed by atoms with Crippen LogP contribution < -0.4 is 0 Å². The van der Waals surface area contributed by atoms with E-state index in [0.717, 1.165) is 0 Å². The molecule has 0 radical (unpaired) electrons. The molecule has 0 saturated heterocycles. The van der Waals surface area contributed by atoms with Gasteiger partial charge in [0.1, 0.15) is 12.3 Å². The molecule has 1 saturated carbocycles. The van der Waals surface area contributed by atoms with Crippen LogP contribution in [0.5, 0.6) is 0 Å². The first-order chi connectivity index (χ1) is 7.59. The molecule has 0 amide bonds. The molecule has 0 N–H and O–H groups in total. The topological polar surface area (TPSA) is 43.4 Å². The molecule has 2 rings (SSSR count).